The van der Waals surface area contributed by atoms with Crippen molar-refractivity contribution in [1.82, 2.24) is 0 Å². The average molecular weight is 335 g/mol. The number of nitrogens with two attached hydrogens (primary N) is 1. The highest BCUT2D eigenvalue weighted by atomic mass is 79.9. The Morgan fingerprint density at radius 2 is 2.05 bits per heavy atom. The smallest absolute Gasteiger partial charge is 0.258 e. The molecule has 102 valence electrons. The molecular weight excluding hydrogens is 323 g/mol. The molecule has 2 N–H and O–H groups in total. The fourth-order valence-electron chi connectivity index (χ4n) is 2.44. The van der Waals surface area contributed by atoms with Crippen molar-refractivity contribution >= 4 is 33.2 Å². The summed E-state index contributed by atoms with van der Waals surface area (Å²) < 4.78 is 14.0. The molecule has 1 heterocycles. The summed E-state index contributed by atoms with van der Waals surface area (Å²) in [5.41, 5.74) is 8.62. The third kappa shape index (κ3) is 2.29. The lowest BCUT2D eigenvalue weighted by Gasteiger charge is -2.18. The Morgan fingerprint density at radius 1 is 1.25 bits per heavy atom. The van der Waals surface area contributed by atoms with Crippen LogP contribution >= 0.6 is 15.9 Å². The number of hydrogen-bond acceptors (Lipinski definition) is 2. The maximum Gasteiger partial charge on any atom is 0.258 e. The topological polar surface area (TPSA) is 46.3 Å². The van der Waals surface area contributed by atoms with Gasteiger partial charge in [0.1, 0.15) is 5.82 Å². The van der Waals surface area contributed by atoms with Gasteiger partial charge in [0.2, 0.25) is 0 Å². The second-order valence-corrected chi connectivity index (χ2v) is 5.67. The van der Waals surface area contributed by atoms with Gasteiger partial charge >= 0.3 is 0 Å². The minimum absolute atomic E-state index is 0.213. The van der Waals surface area contributed by atoms with Gasteiger partial charge in [-0.15, -0.1) is 0 Å². The number of nitrogens with zero attached hydrogens (tertiary/aromatic N) is 1. The zero-order chi connectivity index (χ0) is 14.3. The summed E-state index contributed by atoms with van der Waals surface area (Å²) in [5, 5.41) is 0. The number of nitrogen functional groups attached to an aromatic ring is 1. The van der Waals surface area contributed by atoms with E-state index in [1.54, 1.807) is 17.0 Å². The van der Waals surface area contributed by atoms with E-state index in [0.717, 1.165) is 17.7 Å². The Kier molecular flexibility index (Phi) is 3.22. The maximum absolute atomic E-state index is 13.4. The highest BCUT2D eigenvalue weighted by molar-refractivity contribution is 9.10. The molecule has 3 nitrogen and oxygen atoms in total. The molecule has 20 heavy (non-hydrogen) atoms. The van der Waals surface area contributed by atoms with Gasteiger partial charge in [0.15, 0.2) is 0 Å². The van der Waals surface area contributed by atoms with Crippen molar-refractivity contribution in [3.05, 3.63) is 57.8 Å². The monoisotopic (exact) mass is 334 g/mol. The van der Waals surface area contributed by atoms with E-state index in [1.807, 2.05) is 12.1 Å². The number of benzene rings is 2. The summed E-state index contributed by atoms with van der Waals surface area (Å²) in [5.74, 6) is -0.649. The normalized spacial score (nSPS) is 13.4. The van der Waals surface area contributed by atoms with Crippen LogP contribution in [0.1, 0.15) is 15.9 Å². The van der Waals surface area contributed by atoms with Gasteiger partial charge in [-0.05, 0) is 42.3 Å². The van der Waals surface area contributed by atoms with Gasteiger partial charge in [-0.25, -0.2) is 4.39 Å². The summed E-state index contributed by atoms with van der Waals surface area (Å²) >= 11 is 3.20. The molecule has 0 bridgehead atoms. The van der Waals surface area contributed by atoms with Gasteiger partial charge in [-0.2, -0.15) is 0 Å². The van der Waals surface area contributed by atoms with Crippen LogP contribution in [-0.2, 0) is 6.42 Å². The summed E-state index contributed by atoms with van der Waals surface area (Å²) in [6.07, 6.45) is 0.790. The van der Waals surface area contributed by atoms with E-state index in [2.05, 4.69) is 15.9 Å². The van der Waals surface area contributed by atoms with Gasteiger partial charge in [0, 0.05) is 28.0 Å². The molecule has 1 amide bonds. The van der Waals surface area contributed by atoms with Crippen LogP contribution in [0.15, 0.2) is 40.9 Å². The first-order valence-corrected chi connectivity index (χ1v) is 7.00. The predicted octanol–water partition coefficient (Wildman–Crippen LogP) is 3.37. The minimum Gasteiger partial charge on any atom is -0.399 e. The van der Waals surface area contributed by atoms with Crippen molar-refractivity contribution in [1.29, 1.82) is 0 Å². The van der Waals surface area contributed by atoms with Gasteiger partial charge < -0.3 is 10.6 Å². The van der Waals surface area contributed by atoms with Crippen LogP contribution in [0.4, 0.5) is 15.8 Å². The van der Waals surface area contributed by atoms with Crippen molar-refractivity contribution in [3.8, 4) is 0 Å². The molecule has 0 fully saturated rings. The quantitative estimate of drug-likeness (QED) is 0.812. The first-order chi connectivity index (χ1) is 9.54. The number of halogens is 2. The van der Waals surface area contributed by atoms with E-state index < -0.39 is 5.82 Å². The second-order valence-electron chi connectivity index (χ2n) is 4.75. The van der Waals surface area contributed by atoms with Crippen molar-refractivity contribution < 1.29 is 9.18 Å². The number of anilines is 2. The Labute approximate surface area is 124 Å². The molecule has 0 radical (unpaired) electrons. The van der Waals surface area contributed by atoms with Crippen LogP contribution in [-0.4, -0.2) is 12.5 Å². The minimum atomic E-state index is -0.435. The molecule has 0 unspecified atom stereocenters. The van der Waals surface area contributed by atoms with Gasteiger partial charge in [-0.3, -0.25) is 4.79 Å². The second kappa shape index (κ2) is 4.90. The first-order valence-electron chi connectivity index (χ1n) is 6.21. The highest BCUT2D eigenvalue weighted by Gasteiger charge is 2.26. The van der Waals surface area contributed by atoms with Gasteiger partial charge in [-0.1, -0.05) is 22.0 Å². The molecule has 0 aliphatic carbocycles. The molecule has 0 aromatic heterocycles. The van der Waals surface area contributed by atoms with Crippen LogP contribution in [0.5, 0.6) is 0 Å². The molecule has 2 aromatic carbocycles. The highest BCUT2D eigenvalue weighted by Crippen LogP contribution is 2.31. The molecular formula is C15H12BrFN2O. The largest absolute Gasteiger partial charge is 0.399 e. The predicted molar refractivity (Wildman–Crippen MR) is 80.3 cm³/mol. The van der Waals surface area contributed by atoms with E-state index >= 15 is 0 Å². The lowest BCUT2D eigenvalue weighted by molar-refractivity contribution is 0.0989. The number of fused-ring (bicyclic) bond motifs is 1. The summed E-state index contributed by atoms with van der Waals surface area (Å²) in [7, 11) is 0. The summed E-state index contributed by atoms with van der Waals surface area (Å²) in [4.78, 5) is 14.2. The maximum atomic E-state index is 13.4. The Hall–Kier alpha value is -1.88. The fraction of sp³-hybridized carbons (Fsp3) is 0.133. The fourth-order valence-corrected chi connectivity index (χ4v) is 2.91. The zero-order valence-corrected chi connectivity index (χ0v) is 12.2. The molecule has 2 aromatic rings. The Bertz CT molecular complexity index is 682. The number of amides is 1. The van der Waals surface area contributed by atoms with Gasteiger partial charge in [0.05, 0.1) is 0 Å². The third-order valence-electron chi connectivity index (χ3n) is 3.36. The average Bonchev–Trinajstić information content (AvgIpc) is 2.79. The van der Waals surface area contributed by atoms with E-state index in [9.17, 15) is 9.18 Å². The number of carbonyl (C=O) groups is 1. The lowest BCUT2D eigenvalue weighted by atomic mass is 10.1. The van der Waals surface area contributed by atoms with Crippen molar-refractivity contribution in [3.63, 3.8) is 0 Å². The first kappa shape index (κ1) is 13.1. The summed E-state index contributed by atoms with van der Waals surface area (Å²) in [6.45, 7) is 0.589. The van der Waals surface area contributed by atoms with Crippen LogP contribution < -0.4 is 10.6 Å². The molecule has 0 saturated carbocycles. The third-order valence-corrected chi connectivity index (χ3v) is 3.82. The van der Waals surface area contributed by atoms with Crippen LogP contribution in [0.3, 0.4) is 0 Å². The zero-order valence-electron chi connectivity index (χ0n) is 10.6. The van der Waals surface area contributed by atoms with Crippen LogP contribution in [0.25, 0.3) is 0 Å². The lowest BCUT2D eigenvalue weighted by Crippen LogP contribution is -2.29. The van der Waals surface area contributed by atoms with Crippen molar-refractivity contribution in [2.45, 2.75) is 6.42 Å². The number of hydrogen-bond donors (Lipinski definition) is 1. The molecule has 0 atom stereocenters. The SMILES string of the molecule is Nc1ccc2c(c1)N(C(=O)c1cc(F)cc(Br)c1)CC2. The van der Waals surface area contributed by atoms with E-state index in [4.69, 9.17) is 5.73 Å². The van der Waals surface area contributed by atoms with Crippen LogP contribution in [0.2, 0.25) is 0 Å². The summed E-state index contributed by atoms with van der Waals surface area (Å²) in [6, 6.07) is 9.74. The standard InChI is InChI=1S/C15H12BrFN2O/c16-11-5-10(6-12(17)7-11)15(20)19-4-3-9-1-2-13(18)8-14(9)19/h1-2,5-8H,3-4,18H2. The number of carbonyl (C=O) groups excluding carboxylic acids is 1. The number of rotatable bonds is 1. The van der Waals surface area contributed by atoms with Crippen molar-refractivity contribution in [2.24, 2.45) is 0 Å². The molecule has 3 rings (SSSR count). The molecule has 1 aliphatic rings. The van der Waals surface area contributed by atoms with Crippen molar-refractivity contribution in [2.75, 3.05) is 17.2 Å². The molecule has 0 saturated heterocycles. The van der Waals surface area contributed by atoms with Crippen LogP contribution in [0, 0.1) is 5.82 Å². The van der Waals surface area contributed by atoms with E-state index in [1.165, 1.54) is 12.1 Å². The molecule has 5 heteroatoms. The van der Waals surface area contributed by atoms with E-state index in [-0.39, 0.29) is 5.91 Å². The molecule has 1 aliphatic heterocycles. The Balaban J connectivity index is 1.99. The van der Waals surface area contributed by atoms with E-state index in [0.29, 0.717) is 22.3 Å². The van der Waals surface area contributed by atoms with Gasteiger partial charge in [0.25, 0.3) is 5.91 Å². The molecule has 0 spiro atoms. The Morgan fingerprint density at radius 3 is 2.80 bits per heavy atom.